The molecule has 4 aromatic carbocycles. The van der Waals surface area contributed by atoms with Crippen molar-refractivity contribution in [3.05, 3.63) is 175 Å². The summed E-state index contributed by atoms with van der Waals surface area (Å²) >= 11 is 0. The van der Waals surface area contributed by atoms with Gasteiger partial charge in [-0.2, -0.15) is 0 Å². The second-order valence-electron chi connectivity index (χ2n) is 29.9. The molecule has 24 heteroatoms. The van der Waals surface area contributed by atoms with E-state index in [1.54, 1.807) is 91.8 Å². The number of aryl methyl sites for hydroxylation is 4. The Kier molecular flexibility index (Phi) is 24.7. The Morgan fingerprint density at radius 3 is 1.16 bits per heavy atom. The molecule has 2 aliphatic rings. The van der Waals surface area contributed by atoms with E-state index in [1.165, 1.54) is 46.1 Å². The van der Waals surface area contributed by atoms with Gasteiger partial charge in [0.2, 0.25) is 23.6 Å². The first-order chi connectivity index (χ1) is 48.6. The average Bonchev–Trinajstić information content (AvgIpc) is 1.60. The number of benzene rings is 4. The van der Waals surface area contributed by atoms with Crippen molar-refractivity contribution in [3.8, 4) is 35.2 Å². The smallest absolute Gasteiger partial charge is 0.410 e. The van der Waals surface area contributed by atoms with Gasteiger partial charge in [0.05, 0.1) is 22.8 Å². The van der Waals surface area contributed by atoms with Crippen molar-refractivity contribution in [1.82, 2.24) is 30.4 Å². The lowest BCUT2D eigenvalue weighted by Crippen LogP contribution is -2.56. The molecule has 6 amide bonds. The third-order valence-electron chi connectivity index (χ3n) is 18.2. The highest BCUT2D eigenvalue weighted by Crippen LogP contribution is 2.43. The van der Waals surface area contributed by atoms with Crippen molar-refractivity contribution in [2.24, 2.45) is 0 Å². The lowest BCUT2D eigenvalue weighted by Gasteiger charge is -2.32. The van der Waals surface area contributed by atoms with Crippen molar-refractivity contribution in [1.29, 1.82) is 0 Å². The molecule has 8 rings (SSSR count). The van der Waals surface area contributed by atoms with Gasteiger partial charge in [0.15, 0.2) is 23.3 Å². The van der Waals surface area contributed by atoms with Crippen LogP contribution in [0.1, 0.15) is 163 Å². The van der Waals surface area contributed by atoms with E-state index in [9.17, 15) is 45.5 Å². The number of nitrogens with one attached hydrogen (secondary N) is 2. The Balaban J connectivity index is 0.965. The predicted octanol–water partition coefficient (Wildman–Crippen LogP) is 13.2. The third-order valence-corrected chi connectivity index (χ3v) is 18.2. The number of rotatable bonds is 22. The van der Waals surface area contributed by atoms with Gasteiger partial charge < -0.3 is 39.4 Å². The van der Waals surface area contributed by atoms with Crippen LogP contribution in [0.5, 0.6) is 11.5 Å². The van der Waals surface area contributed by atoms with E-state index >= 15 is 9.59 Å². The molecule has 0 saturated heterocycles. The summed E-state index contributed by atoms with van der Waals surface area (Å²) in [5.74, 6) is 3.14. The SMILES string of the molecule is CC[C@@H](C(=O)N[C@@H](Cc1c(C)cc(OCC#CC#CCOc2cc(C)c(C[C@H](NC(=O)[C@H](CC)N(C)C(=O)OC(C)(C)C)C(=O)N3CC(C)(C)c4ncc(Cc5cc(F)c(F)cc5F)cc43)c(C)c2)cc1C)C(=O)N1CC(C)(C)c2ncc(Cc3cc(F)c(F)cc3F)cc21)N(C)C(=O)OC(C)(C)C. The number of likely N-dealkylation sites (N-methyl/N-ethyl adjacent to an activating group) is 2. The van der Waals surface area contributed by atoms with E-state index in [0.717, 1.165) is 45.5 Å². The molecule has 0 aliphatic carbocycles. The van der Waals surface area contributed by atoms with Crippen LogP contribution in [0.25, 0.3) is 0 Å². The van der Waals surface area contributed by atoms with E-state index in [4.69, 9.17) is 18.9 Å². The molecule has 6 aromatic rings. The quantitative estimate of drug-likeness (QED) is 0.0370. The Morgan fingerprint density at radius 1 is 0.519 bits per heavy atom. The third kappa shape index (κ3) is 19.2. The summed E-state index contributed by atoms with van der Waals surface area (Å²) < 4.78 is 110. The fourth-order valence-corrected chi connectivity index (χ4v) is 13.0. The second-order valence-corrected chi connectivity index (χ2v) is 29.9. The molecule has 18 nitrogen and oxygen atoms in total. The molecule has 4 atom stereocenters. The number of hydrogen-bond acceptors (Lipinski definition) is 12. The highest BCUT2D eigenvalue weighted by molar-refractivity contribution is 6.03. The first kappa shape index (κ1) is 79.6. The summed E-state index contributed by atoms with van der Waals surface area (Å²) in [6.07, 6.45) is 1.60. The number of nitrogens with zero attached hydrogens (tertiary/aromatic N) is 6. The number of carbonyl (C=O) groups excluding carboxylic acids is 6. The highest BCUT2D eigenvalue weighted by atomic mass is 19.2. The Bertz CT molecular complexity index is 4120. The monoisotopic (exact) mass is 1440 g/mol. The summed E-state index contributed by atoms with van der Waals surface area (Å²) in [5.41, 5.74) is 3.81. The maximum Gasteiger partial charge on any atom is 0.410 e. The van der Waals surface area contributed by atoms with E-state index < -0.39 is 117 Å². The van der Waals surface area contributed by atoms with Gasteiger partial charge >= 0.3 is 12.2 Å². The summed E-state index contributed by atoms with van der Waals surface area (Å²) in [4.78, 5) is 101. The van der Waals surface area contributed by atoms with Gasteiger partial charge in [-0.05, 0) is 210 Å². The lowest BCUT2D eigenvalue weighted by atomic mass is 9.91. The van der Waals surface area contributed by atoms with E-state index in [1.807, 2.05) is 55.4 Å². The minimum Gasteiger partial charge on any atom is -0.481 e. The van der Waals surface area contributed by atoms with Crippen LogP contribution < -0.4 is 29.9 Å². The molecule has 104 heavy (non-hydrogen) atoms. The number of aromatic nitrogens is 2. The molecule has 2 aromatic heterocycles. The molecule has 0 spiro atoms. The van der Waals surface area contributed by atoms with Gasteiger partial charge in [-0.1, -0.05) is 41.5 Å². The van der Waals surface area contributed by atoms with Crippen LogP contribution in [0.2, 0.25) is 0 Å². The maximum absolute atomic E-state index is 15.2. The molecule has 0 radical (unpaired) electrons. The minimum absolute atomic E-state index is 0.00254. The van der Waals surface area contributed by atoms with Crippen LogP contribution in [0, 0.1) is 86.3 Å². The molecule has 554 valence electrons. The molecule has 2 N–H and O–H groups in total. The molecule has 0 fully saturated rings. The fourth-order valence-electron chi connectivity index (χ4n) is 13.0. The van der Waals surface area contributed by atoms with Crippen LogP contribution in [-0.2, 0) is 65.2 Å². The zero-order chi connectivity index (χ0) is 76.8. The van der Waals surface area contributed by atoms with Gasteiger partial charge in [0, 0.05) is 88.2 Å². The average molecular weight is 1440 g/mol. The molecule has 0 unspecified atom stereocenters. The summed E-state index contributed by atoms with van der Waals surface area (Å²) in [6.45, 7) is 28.9. The zero-order valence-electron chi connectivity index (χ0n) is 62.3. The molecule has 4 heterocycles. The van der Waals surface area contributed by atoms with Crippen LogP contribution >= 0.6 is 0 Å². The van der Waals surface area contributed by atoms with Gasteiger partial charge in [-0.3, -0.25) is 38.9 Å². The van der Waals surface area contributed by atoms with Gasteiger partial charge in [-0.15, -0.1) is 0 Å². The number of carbonyl (C=O) groups is 6. The zero-order valence-corrected chi connectivity index (χ0v) is 62.3. The molecule has 0 bridgehead atoms. The second kappa shape index (κ2) is 32.3. The summed E-state index contributed by atoms with van der Waals surface area (Å²) in [5, 5.41) is 5.93. The van der Waals surface area contributed by atoms with Crippen LogP contribution in [0.4, 0.5) is 47.3 Å². The first-order valence-corrected chi connectivity index (χ1v) is 34.4. The van der Waals surface area contributed by atoms with E-state index in [2.05, 4.69) is 44.3 Å². The first-order valence-electron chi connectivity index (χ1n) is 34.4. The number of ether oxygens (including phenoxy) is 4. The normalized spacial score (nSPS) is 14.6. The van der Waals surface area contributed by atoms with Crippen LogP contribution in [0.3, 0.4) is 0 Å². The van der Waals surface area contributed by atoms with Gasteiger partial charge in [-0.25, -0.2) is 35.9 Å². The van der Waals surface area contributed by atoms with Crippen molar-refractivity contribution in [3.63, 3.8) is 0 Å². The Morgan fingerprint density at radius 2 is 0.846 bits per heavy atom. The standard InChI is InChI=1S/C80H92F6N8O10/c1-19-65(91(17)75(99)103-77(7,8)9)71(95)89-63(73(97)93-43-79(13,14)69-67(93)33-49(41-87-69)31-51-35-59(83)61(85)39-57(51)81)37-55-45(3)27-53(28-46(55)4)101-25-23-21-22-24-26-102-54-29-47(5)56(48(6)30-54)38-64(90-72(96)66(20-2)92(18)76(100)104-78(10,11)12)74(98)94-44-80(15,16)70-68(94)34-50(42-88-70)32-52-36-60(84)62(86)40-58(52)82/h27-30,33-36,39-42,63-66H,19-20,25-26,31-32,37-38,43-44H2,1-18H3,(H,89,95)(H,90,96)/t63-,64-,65-,66-/m0/s1. The van der Waals surface area contributed by atoms with Crippen LogP contribution in [-0.4, -0.2) is 131 Å². The molecule has 0 saturated carbocycles. The van der Waals surface area contributed by atoms with Crippen molar-refractivity contribution < 1.29 is 74.1 Å². The topological polar surface area (TPSA) is 202 Å². The van der Waals surface area contributed by atoms with Gasteiger partial charge in [0.1, 0.15) is 71.7 Å². The summed E-state index contributed by atoms with van der Waals surface area (Å²) in [7, 11) is 2.91. The number of anilines is 2. The maximum atomic E-state index is 15.2. The number of fused-ring (bicyclic) bond motifs is 2. The number of halogens is 6. The fraction of sp³-hybridized carbons (Fsp3) is 0.450. The number of hydrogen-bond donors (Lipinski definition) is 2. The van der Waals surface area contributed by atoms with E-state index in [-0.39, 0.29) is 76.0 Å². The number of amides is 6. The molecule has 2 aliphatic heterocycles. The lowest BCUT2D eigenvalue weighted by molar-refractivity contribution is -0.130. The largest absolute Gasteiger partial charge is 0.481 e. The number of pyridine rings is 2. The Hall–Kier alpha value is -10.1. The molecular weight excluding hydrogens is 1350 g/mol. The van der Waals surface area contributed by atoms with E-state index in [0.29, 0.717) is 57.5 Å². The predicted molar refractivity (Wildman–Crippen MR) is 383 cm³/mol. The Labute approximate surface area is 604 Å². The van der Waals surface area contributed by atoms with Gasteiger partial charge in [0.25, 0.3) is 0 Å². The van der Waals surface area contributed by atoms with Crippen molar-refractivity contribution >= 4 is 47.2 Å². The minimum atomic E-state index is -1.32. The van der Waals surface area contributed by atoms with Crippen LogP contribution in [0.15, 0.2) is 73.1 Å². The summed E-state index contributed by atoms with van der Waals surface area (Å²) in [6, 6.07) is 8.52. The molecular formula is C80H92F6N8O10. The van der Waals surface area contributed by atoms with Crippen molar-refractivity contribution in [2.45, 2.75) is 196 Å². The highest BCUT2D eigenvalue weighted by Gasteiger charge is 2.45. The van der Waals surface area contributed by atoms with Crippen molar-refractivity contribution in [2.75, 3.05) is 50.2 Å².